The molecule has 2 aromatic heterocycles. The van der Waals surface area contributed by atoms with Crippen molar-refractivity contribution >= 4 is 65.2 Å². The van der Waals surface area contributed by atoms with E-state index in [1.807, 2.05) is 38.1 Å². The maximum absolute atomic E-state index is 13.0. The Morgan fingerprint density at radius 2 is 0.848 bits per heavy atom. The summed E-state index contributed by atoms with van der Waals surface area (Å²) in [5.41, 5.74) is 6.65. The minimum Gasteiger partial charge on any atom is -0.744 e. The zero-order valence-corrected chi connectivity index (χ0v) is 39.5. The minimum atomic E-state index is -4.27. The predicted octanol–water partition coefficient (Wildman–Crippen LogP) is 10.0. The lowest BCUT2D eigenvalue weighted by Gasteiger charge is -2.09. The van der Waals surface area contributed by atoms with Crippen molar-refractivity contribution in [2.24, 2.45) is 0 Å². The number of unbranched alkanes of at least 4 members (excludes halogenated alkanes) is 6. The normalized spacial score (nSPS) is 11.2. The molecule has 0 aliphatic carbocycles. The van der Waals surface area contributed by atoms with Crippen LogP contribution >= 0.6 is 0 Å². The van der Waals surface area contributed by atoms with Crippen molar-refractivity contribution in [3.63, 3.8) is 0 Å². The summed E-state index contributed by atoms with van der Waals surface area (Å²) < 4.78 is 66.9. The average molecular weight is 931 g/mol. The largest absolute Gasteiger partial charge is 0.744 e. The minimum absolute atomic E-state index is 0.178. The number of hydrogen-bond donors (Lipinski definition) is 2. The van der Waals surface area contributed by atoms with E-state index in [0.29, 0.717) is 11.1 Å². The van der Waals surface area contributed by atoms with Gasteiger partial charge in [0.15, 0.2) is 12.4 Å². The van der Waals surface area contributed by atoms with Gasteiger partial charge in [-0.25, -0.2) is 16.8 Å². The molecule has 0 radical (unpaired) electrons. The molecule has 346 valence electrons. The third-order valence-corrected chi connectivity index (χ3v) is 12.5. The zero-order valence-electron chi connectivity index (χ0n) is 37.9. The van der Waals surface area contributed by atoms with Crippen LogP contribution < -0.4 is 19.8 Å². The van der Waals surface area contributed by atoms with Crippen molar-refractivity contribution in [2.45, 2.75) is 102 Å². The molecule has 14 heteroatoms. The summed E-state index contributed by atoms with van der Waals surface area (Å²) in [4.78, 5) is 25.7. The number of carbonyl (C=O) groups is 2. The van der Waals surface area contributed by atoms with Gasteiger partial charge in [-0.3, -0.25) is 9.59 Å². The van der Waals surface area contributed by atoms with Crippen molar-refractivity contribution in [2.75, 3.05) is 10.6 Å². The predicted molar refractivity (Wildman–Crippen MR) is 257 cm³/mol. The fourth-order valence-corrected chi connectivity index (χ4v) is 8.05. The van der Waals surface area contributed by atoms with E-state index in [0.717, 1.165) is 70.2 Å². The van der Waals surface area contributed by atoms with Crippen LogP contribution in [-0.4, -0.2) is 37.8 Å². The highest BCUT2D eigenvalue weighted by atomic mass is 32.2. The summed E-state index contributed by atoms with van der Waals surface area (Å²) in [5, 5.41) is 8.19. The number of anilines is 2. The van der Waals surface area contributed by atoms with Gasteiger partial charge < -0.3 is 19.7 Å². The number of rotatable bonds is 16. The first kappa shape index (κ1) is 50.7. The zero-order chi connectivity index (χ0) is 47.7. The van der Waals surface area contributed by atoms with Gasteiger partial charge in [0, 0.05) is 70.4 Å². The van der Waals surface area contributed by atoms with Crippen molar-refractivity contribution in [3.8, 4) is 0 Å². The standard InChI is InChI=1S/C38H42N4O2.2C7H8O3S/c1-3-5-7-9-23-41-25-11-13-31-27-33(19-21-35(31)41)39-37(43)29-15-17-30(18-16-29)38(44)40-34-20-22-36-32(28-34)14-12-26-42(36)24-10-8-6-4-2;2*1-6-2-4-7(5-3-6)11(8,9)10/h11-22,25-28H,3-10,23-24H2,1-2H3;2*2-5H,1H3,(H,8,9,10). The topological polar surface area (TPSA) is 180 Å². The number of nitrogens with zero attached hydrogens (tertiary/aromatic N) is 2. The molecule has 66 heavy (non-hydrogen) atoms. The Bertz CT molecular complexity index is 2740. The first-order chi connectivity index (χ1) is 31.5. The average Bonchev–Trinajstić information content (AvgIpc) is 3.29. The molecule has 12 nitrogen and oxygen atoms in total. The third kappa shape index (κ3) is 15.4. The van der Waals surface area contributed by atoms with E-state index < -0.39 is 20.2 Å². The molecule has 0 spiro atoms. The lowest BCUT2D eigenvalue weighted by molar-refractivity contribution is -0.672. The van der Waals surface area contributed by atoms with Crippen molar-refractivity contribution in [1.82, 2.24) is 0 Å². The molecule has 0 saturated heterocycles. The van der Waals surface area contributed by atoms with Crippen LogP contribution in [0.5, 0.6) is 0 Å². The molecule has 2 heterocycles. The Kier molecular flexibility index (Phi) is 18.6. The van der Waals surface area contributed by atoms with E-state index in [1.165, 1.54) is 62.8 Å². The van der Waals surface area contributed by atoms with Gasteiger partial charge in [0.1, 0.15) is 33.3 Å². The molecule has 0 fully saturated rings. The second-order valence-electron chi connectivity index (χ2n) is 16.1. The van der Waals surface area contributed by atoms with Crippen LogP contribution in [0.1, 0.15) is 97.1 Å². The van der Waals surface area contributed by atoms with Gasteiger partial charge in [-0.15, -0.1) is 0 Å². The van der Waals surface area contributed by atoms with E-state index in [-0.39, 0.29) is 21.6 Å². The highest BCUT2D eigenvalue weighted by Crippen LogP contribution is 2.20. The molecule has 7 aromatic rings. The lowest BCUT2D eigenvalue weighted by atomic mass is 10.1. The van der Waals surface area contributed by atoms with Crippen LogP contribution in [0.3, 0.4) is 0 Å². The second kappa shape index (κ2) is 24.3. The fourth-order valence-electron chi connectivity index (χ4n) is 7.11. The maximum Gasteiger partial charge on any atom is 0.255 e. The van der Waals surface area contributed by atoms with E-state index in [1.54, 1.807) is 48.5 Å². The van der Waals surface area contributed by atoms with Gasteiger partial charge in [0.25, 0.3) is 11.8 Å². The molecule has 0 saturated carbocycles. The second-order valence-corrected chi connectivity index (χ2v) is 18.9. The summed E-state index contributed by atoms with van der Waals surface area (Å²) in [6, 6.07) is 38.6. The SMILES string of the molecule is CCCCCC[n+]1cccc2cc(NC(=O)c3ccc(C(=O)Nc4ccc5c(ccc[n+]5CCCCCC)c4)cc3)ccc21.Cc1ccc(S(=O)(=O)[O-])cc1.Cc1ccc(S(=O)(=O)[O-])cc1. The van der Waals surface area contributed by atoms with Gasteiger partial charge in [-0.2, -0.15) is 9.13 Å². The monoisotopic (exact) mass is 930 g/mol. The van der Waals surface area contributed by atoms with Crippen molar-refractivity contribution in [3.05, 3.63) is 168 Å². The molecule has 2 amide bonds. The number of hydrogen-bond acceptors (Lipinski definition) is 8. The molecule has 0 aliphatic rings. The van der Waals surface area contributed by atoms with Crippen LogP contribution in [-0.2, 0) is 33.3 Å². The van der Waals surface area contributed by atoms with Crippen LogP contribution in [0, 0.1) is 13.8 Å². The summed E-state index contributed by atoms with van der Waals surface area (Å²) in [7, 11) is -8.54. The van der Waals surface area contributed by atoms with E-state index in [4.69, 9.17) is 0 Å². The van der Waals surface area contributed by atoms with Gasteiger partial charge >= 0.3 is 0 Å². The number of nitrogens with one attached hydrogen (secondary N) is 2. The molecular weight excluding hydrogens is 873 g/mol. The Morgan fingerprint density at radius 1 is 0.485 bits per heavy atom. The van der Waals surface area contributed by atoms with Crippen LogP contribution in [0.4, 0.5) is 11.4 Å². The number of amides is 2. The molecule has 0 bridgehead atoms. The van der Waals surface area contributed by atoms with Gasteiger partial charge in [0.05, 0.1) is 9.79 Å². The van der Waals surface area contributed by atoms with Crippen LogP contribution in [0.2, 0.25) is 0 Å². The number of aromatic nitrogens is 2. The molecule has 7 rings (SSSR count). The number of aryl methyl sites for hydroxylation is 4. The summed E-state index contributed by atoms with van der Waals surface area (Å²) in [6.45, 7) is 10.1. The fraction of sp³-hybridized carbons (Fsp3) is 0.269. The Balaban J connectivity index is 0.000000301. The summed E-state index contributed by atoms with van der Waals surface area (Å²) >= 11 is 0. The quantitative estimate of drug-likeness (QED) is 0.0546. The first-order valence-corrected chi connectivity index (χ1v) is 25.0. The Morgan fingerprint density at radius 3 is 1.18 bits per heavy atom. The molecule has 5 aromatic carbocycles. The number of fused-ring (bicyclic) bond motifs is 2. The van der Waals surface area contributed by atoms with E-state index in [9.17, 15) is 35.5 Å². The Labute approximate surface area is 388 Å². The maximum atomic E-state index is 13.0. The van der Waals surface area contributed by atoms with Gasteiger partial charge in [-0.1, -0.05) is 74.9 Å². The highest BCUT2D eigenvalue weighted by Gasteiger charge is 2.14. The van der Waals surface area contributed by atoms with E-state index in [2.05, 4.69) is 82.4 Å². The molecule has 0 aliphatic heterocycles. The number of carbonyl (C=O) groups excluding carboxylic acids is 2. The summed E-state index contributed by atoms with van der Waals surface area (Å²) in [5.74, 6) is -0.422. The van der Waals surface area contributed by atoms with Crippen LogP contribution in [0.15, 0.2) is 156 Å². The van der Waals surface area contributed by atoms with Gasteiger partial charge in [-0.05, 0) is 112 Å². The molecule has 0 atom stereocenters. The van der Waals surface area contributed by atoms with Crippen molar-refractivity contribution in [1.29, 1.82) is 0 Å². The number of pyridine rings is 2. The first-order valence-electron chi connectivity index (χ1n) is 22.2. The van der Waals surface area contributed by atoms with E-state index >= 15 is 0 Å². The molecular formula is C52H58N4O8S2. The lowest BCUT2D eigenvalue weighted by Crippen LogP contribution is -2.34. The Hall–Kier alpha value is -6.32. The number of benzene rings is 5. The molecule has 2 N–H and O–H groups in total. The highest BCUT2D eigenvalue weighted by molar-refractivity contribution is 7.86. The summed E-state index contributed by atoms with van der Waals surface area (Å²) in [6.07, 6.45) is 14.0. The third-order valence-electron chi connectivity index (χ3n) is 10.8. The van der Waals surface area contributed by atoms with Gasteiger partial charge in [0.2, 0.25) is 11.0 Å². The molecule has 0 unspecified atom stereocenters. The smallest absolute Gasteiger partial charge is 0.255 e. The van der Waals surface area contributed by atoms with Crippen LogP contribution in [0.25, 0.3) is 21.8 Å². The van der Waals surface area contributed by atoms with Crippen molar-refractivity contribution < 1.29 is 44.7 Å².